The quantitative estimate of drug-likeness (QED) is 0.609. The molecule has 1 atom stereocenters. The van der Waals surface area contributed by atoms with Gasteiger partial charge in [-0.2, -0.15) is 4.31 Å². The molecule has 0 bridgehead atoms. The topological polar surface area (TPSA) is 110 Å². The highest BCUT2D eigenvalue weighted by atomic mass is 32.2. The normalized spacial score (nSPS) is 20.2. The second-order valence-corrected chi connectivity index (χ2v) is 6.81. The summed E-state index contributed by atoms with van der Waals surface area (Å²) in [6, 6.07) is 3.92. The minimum atomic E-state index is -3.78. The Morgan fingerprint density at radius 3 is 2.76 bits per heavy atom. The van der Waals surface area contributed by atoms with E-state index in [4.69, 9.17) is 5.73 Å². The Morgan fingerprint density at radius 2 is 2.19 bits per heavy atom. The molecule has 1 aromatic carbocycles. The number of ether oxygens (including phenoxy) is 1. The molecule has 7 nitrogen and oxygen atoms in total. The van der Waals surface area contributed by atoms with Crippen LogP contribution in [-0.4, -0.2) is 50.1 Å². The molecule has 0 spiro atoms. The van der Waals surface area contributed by atoms with Gasteiger partial charge in [0.2, 0.25) is 10.0 Å². The van der Waals surface area contributed by atoms with E-state index >= 15 is 0 Å². The lowest BCUT2D eigenvalue weighted by Gasteiger charge is -2.29. The van der Waals surface area contributed by atoms with Crippen LogP contribution in [0.4, 0.5) is 5.69 Å². The lowest BCUT2D eigenvalue weighted by Crippen LogP contribution is -2.42. The van der Waals surface area contributed by atoms with Crippen molar-refractivity contribution in [3.8, 4) is 0 Å². The van der Waals surface area contributed by atoms with Gasteiger partial charge in [0, 0.05) is 13.1 Å². The number of aliphatic hydroxyl groups excluding tert-OH is 1. The van der Waals surface area contributed by atoms with E-state index in [0.717, 1.165) is 0 Å². The number of benzene rings is 1. The molecule has 0 aliphatic carbocycles. The molecule has 1 aromatic rings. The van der Waals surface area contributed by atoms with Crippen LogP contribution in [0.5, 0.6) is 0 Å². The molecule has 0 radical (unpaired) electrons. The van der Waals surface area contributed by atoms with E-state index in [2.05, 4.69) is 4.74 Å². The highest BCUT2D eigenvalue weighted by Crippen LogP contribution is 2.26. The van der Waals surface area contributed by atoms with Crippen molar-refractivity contribution < 1.29 is 23.1 Å². The fourth-order valence-electron chi connectivity index (χ4n) is 2.31. The van der Waals surface area contributed by atoms with E-state index in [-0.39, 0.29) is 22.7 Å². The zero-order chi connectivity index (χ0) is 15.6. The number of aliphatic hydroxyl groups is 1. The number of carbonyl (C=O) groups is 1. The number of carbonyl (C=O) groups excluding carboxylic acids is 1. The number of anilines is 1. The zero-order valence-electron chi connectivity index (χ0n) is 11.7. The van der Waals surface area contributed by atoms with Crippen LogP contribution in [0.2, 0.25) is 0 Å². The van der Waals surface area contributed by atoms with Crippen molar-refractivity contribution >= 4 is 21.7 Å². The van der Waals surface area contributed by atoms with Gasteiger partial charge in [-0.1, -0.05) is 0 Å². The van der Waals surface area contributed by atoms with Crippen LogP contribution in [0.1, 0.15) is 23.2 Å². The van der Waals surface area contributed by atoms with Gasteiger partial charge >= 0.3 is 5.97 Å². The molecule has 3 N–H and O–H groups in total. The van der Waals surface area contributed by atoms with Crippen LogP contribution in [0.15, 0.2) is 23.1 Å². The number of hydrogen-bond donors (Lipinski definition) is 2. The fourth-order valence-corrected chi connectivity index (χ4v) is 3.92. The number of nitrogens with two attached hydrogens (primary N) is 1. The number of sulfonamides is 1. The van der Waals surface area contributed by atoms with Crippen LogP contribution in [0, 0.1) is 0 Å². The Bertz CT molecular complexity index is 644. The molecule has 0 unspecified atom stereocenters. The molecule has 1 saturated heterocycles. The van der Waals surface area contributed by atoms with E-state index in [0.29, 0.717) is 19.4 Å². The molecular formula is C13H18N2O5S. The van der Waals surface area contributed by atoms with Gasteiger partial charge in [-0.25, -0.2) is 13.2 Å². The lowest BCUT2D eigenvalue weighted by molar-refractivity contribution is 0.0600. The number of piperidine rings is 1. The zero-order valence-corrected chi connectivity index (χ0v) is 12.5. The minimum absolute atomic E-state index is 0.0158. The summed E-state index contributed by atoms with van der Waals surface area (Å²) >= 11 is 0. The van der Waals surface area contributed by atoms with Gasteiger partial charge in [-0.3, -0.25) is 0 Å². The largest absolute Gasteiger partial charge is 0.465 e. The number of nitrogen functional groups attached to an aromatic ring is 1. The summed E-state index contributed by atoms with van der Waals surface area (Å²) in [4.78, 5) is 11.3. The standard InChI is InChI=1S/C13H18N2O5S/c1-20-13(17)9-4-5-12(11(14)7-9)21(18,19)15-6-2-3-10(16)8-15/h4-5,7,10,16H,2-3,6,8,14H2,1H3/t10-/m0/s1. The smallest absolute Gasteiger partial charge is 0.337 e. The van der Waals surface area contributed by atoms with E-state index in [1.165, 1.54) is 29.6 Å². The first kappa shape index (κ1) is 15.7. The van der Waals surface area contributed by atoms with Crippen molar-refractivity contribution in [2.45, 2.75) is 23.8 Å². The first-order valence-electron chi connectivity index (χ1n) is 6.52. The van der Waals surface area contributed by atoms with Gasteiger partial charge in [0.25, 0.3) is 0 Å². The molecule has 1 heterocycles. The second-order valence-electron chi connectivity index (χ2n) is 4.90. The summed E-state index contributed by atoms with van der Waals surface area (Å²) in [6.45, 7) is 0.401. The van der Waals surface area contributed by atoms with Crippen LogP contribution in [0.25, 0.3) is 0 Å². The van der Waals surface area contributed by atoms with Crippen molar-refractivity contribution in [2.75, 3.05) is 25.9 Å². The first-order valence-corrected chi connectivity index (χ1v) is 7.96. The second kappa shape index (κ2) is 6.00. The van der Waals surface area contributed by atoms with E-state index < -0.39 is 22.1 Å². The van der Waals surface area contributed by atoms with Crippen LogP contribution in [0.3, 0.4) is 0 Å². The fraction of sp³-hybridized carbons (Fsp3) is 0.462. The monoisotopic (exact) mass is 314 g/mol. The molecule has 116 valence electrons. The predicted octanol–water partition coefficient (Wildman–Crippen LogP) is 0.201. The van der Waals surface area contributed by atoms with Crippen LogP contribution in [-0.2, 0) is 14.8 Å². The van der Waals surface area contributed by atoms with E-state index in [1.54, 1.807) is 0 Å². The molecule has 21 heavy (non-hydrogen) atoms. The van der Waals surface area contributed by atoms with E-state index in [9.17, 15) is 18.3 Å². The van der Waals surface area contributed by atoms with Gasteiger partial charge < -0.3 is 15.6 Å². The van der Waals surface area contributed by atoms with Gasteiger partial charge in [0.1, 0.15) is 4.90 Å². The van der Waals surface area contributed by atoms with Gasteiger partial charge in [0.05, 0.1) is 24.5 Å². The third kappa shape index (κ3) is 3.17. The van der Waals surface area contributed by atoms with E-state index in [1.807, 2.05) is 0 Å². The van der Waals surface area contributed by atoms with Crippen molar-refractivity contribution in [3.05, 3.63) is 23.8 Å². The van der Waals surface area contributed by atoms with Crippen molar-refractivity contribution in [1.82, 2.24) is 4.31 Å². The molecule has 0 saturated carbocycles. The Hall–Kier alpha value is -1.64. The van der Waals surface area contributed by atoms with Crippen molar-refractivity contribution in [1.29, 1.82) is 0 Å². The molecule has 2 rings (SSSR count). The third-order valence-corrected chi connectivity index (χ3v) is 5.35. The lowest BCUT2D eigenvalue weighted by atomic mass is 10.1. The van der Waals surface area contributed by atoms with Gasteiger partial charge in [-0.15, -0.1) is 0 Å². The summed E-state index contributed by atoms with van der Waals surface area (Å²) in [7, 11) is -2.54. The number of β-amino-alcohol motifs (C(OH)–C–C–N with tert-alkyl or cyclic N) is 1. The summed E-state index contributed by atoms with van der Waals surface area (Å²) in [5.41, 5.74) is 5.94. The maximum absolute atomic E-state index is 12.5. The molecule has 1 fully saturated rings. The Labute approximate surface area is 123 Å². The first-order chi connectivity index (χ1) is 9.86. The summed E-state index contributed by atoms with van der Waals surface area (Å²) < 4.78 is 30.8. The van der Waals surface area contributed by atoms with Crippen LogP contribution >= 0.6 is 0 Å². The molecule has 0 amide bonds. The Kier molecular flexibility index (Phi) is 4.50. The number of nitrogens with zero attached hydrogens (tertiary/aromatic N) is 1. The highest BCUT2D eigenvalue weighted by Gasteiger charge is 2.31. The summed E-state index contributed by atoms with van der Waals surface area (Å²) in [5.74, 6) is -0.584. The maximum Gasteiger partial charge on any atom is 0.337 e. The van der Waals surface area contributed by atoms with Crippen LogP contribution < -0.4 is 5.73 Å². The van der Waals surface area contributed by atoms with Gasteiger partial charge in [-0.05, 0) is 31.0 Å². The summed E-state index contributed by atoms with van der Waals surface area (Å²) in [6.07, 6.45) is 0.521. The molecule has 0 aromatic heterocycles. The van der Waals surface area contributed by atoms with Gasteiger partial charge in [0.15, 0.2) is 0 Å². The molecule has 8 heteroatoms. The number of methoxy groups -OCH3 is 1. The van der Waals surface area contributed by atoms with Crippen molar-refractivity contribution in [2.24, 2.45) is 0 Å². The Balaban J connectivity index is 2.34. The Morgan fingerprint density at radius 1 is 1.48 bits per heavy atom. The third-order valence-electron chi connectivity index (χ3n) is 3.41. The number of hydrogen-bond acceptors (Lipinski definition) is 6. The predicted molar refractivity (Wildman–Crippen MR) is 76.2 cm³/mol. The molecular weight excluding hydrogens is 296 g/mol. The van der Waals surface area contributed by atoms with Crippen molar-refractivity contribution in [3.63, 3.8) is 0 Å². The minimum Gasteiger partial charge on any atom is -0.465 e. The molecule has 1 aliphatic heterocycles. The average Bonchev–Trinajstić information content (AvgIpc) is 2.46. The SMILES string of the molecule is COC(=O)c1ccc(S(=O)(=O)N2CCC[C@H](O)C2)c(N)c1. The number of esters is 1. The summed E-state index contributed by atoms with van der Waals surface area (Å²) in [5, 5.41) is 9.61. The maximum atomic E-state index is 12.5. The highest BCUT2D eigenvalue weighted by molar-refractivity contribution is 7.89. The average molecular weight is 314 g/mol. The number of rotatable bonds is 3. The molecule has 1 aliphatic rings.